The van der Waals surface area contributed by atoms with Crippen LogP contribution in [0, 0.1) is 6.92 Å². The van der Waals surface area contributed by atoms with Crippen molar-refractivity contribution in [2.45, 2.75) is 6.92 Å². The number of nitrogens with one attached hydrogen (secondary N) is 1. The maximum absolute atomic E-state index is 5.96. The Morgan fingerprint density at radius 2 is 2.20 bits per heavy atom. The van der Waals surface area contributed by atoms with E-state index in [2.05, 4.69) is 15.4 Å². The van der Waals surface area contributed by atoms with E-state index in [9.17, 15) is 0 Å². The summed E-state index contributed by atoms with van der Waals surface area (Å²) in [4.78, 5) is 0. The van der Waals surface area contributed by atoms with Gasteiger partial charge in [-0.1, -0.05) is 16.8 Å². The van der Waals surface area contributed by atoms with Crippen LogP contribution in [0.3, 0.4) is 0 Å². The van der Waals surface area contributed by atoms with Gasteiger partial charge >= 0.3 is 0 Å². The van der Waals surface area contributed by atoms with E-state index in [1.54, 1.807) is 19.5 Å². The van der Waals surface area contributed by atoms with Crippen molar-refractivity contribution in [3.8, 4) is 28.2 Å². The summed E-state index contributed by atoms with van der Waals surface area (Å²) in [5, 5.41) is 10.5. The molecule has 0 radical (unpaired) electrons. The first-order valence-corrected chi connectivity index (χ1v) is 6.10. The second-order valence-electron chi connectivity index (χ2n) is 4.46. The standard InChI is InChI=1S/C14H14N4O2/c1-8-3-4-11(19-2)10(5-8)12-13(20-18-14(12)15)9-6-16-17-7-9/h3-7H,1-2H3,(H2,15,18)(H,16,17). The summed E-state index contributed by atoms with van der Waals surface area (Å²) in [6.45, 7) is 2.00. The van der Waals surface area contributed by atoms with Crippen molar-refractivity contribution in [3.63, 3.8) is 0 Å². The number of aromatic nitrogens is 3. The SMILES string of the molecule is COc1ccc(C)cc1-c1c(N)noc1-c1cn[nH]c1. The van der Waals surface area contributed by atoms with Crippen LogP contribution in [0.4, 0.5) is 5.82 Å². The Morgan fingerprint density at radius 1 is 1.35 bits per heavy atom. The second kappa shape index (κ2) is 4.73. The molecule has 0 bridgehead atoms. The molecule has 0 aliphatic rings. The van der Waals surface area contributed by atoms with Gasteiger partial charge in [0.2, 0.25) is 0 Å². The zero-order valence-corrected chi connectivity index (χ0v) is 11.2. The molecule has 0 aliphatic heterocycles. The molecule has 0 unspecified atom stereocenters. The number of nitrogen functional groups attached to an aromatic ring is 1. The predicted octanol–water partition coefficient (Wildman–Crippen LogP) is 2.63. The Kier molecular flexibility index (Phi) is 2.90. The molecule has 102 valence electrons. The number of ether oxygens (including phenoxy) is 1. The number of benzene rings is 1. The van der Waals surface area contributed by atoms with Gasteiger partial charge in [-0.15, -0.1) is 0 Å². The average Bonchev–Trinajstić information content (AvgIpc) is 3.07. The maximum atomic E-state index is 5.96. The number of nitrogens with zero attached hydrogens (tertiary/aromatic N) is 2. The summed E-state index contributed by atoms with van der Waals surface area (Å²) in [5.74, 6) is 1.61. The van der Waals surface area contributed by atoms with Crippen LogP contribution in [0.2, 0.25) is 0 Å². The van der Waals surface area contributed by atoms with Crippen LogP contribution in [0.25, 0.3) is 22.5 Å². The van der Waals surface area contributed by atoms with Crippen LogP contribution in [0.5, 0.6) is 5.75 Å². The maximum Gasteiger partial charge on any atom is 0.180 e. The monoisotopic (exact) mass is 270 g/mol. The van der Waals surface area contributed by atoms with Crippen molar-refractivity contribution in [2.75, 3.05) is 12.8 Å². The first kappa shape index (κ1) is 12.3. The molecule has 2 heterocycles. The van der Waals surface area contributed by atoms with E-state index in [4.69, 9.17) is 15.0 Å². The van der Waals surface area contributed by atoms with Crippen molar-refractivity contribution in [3.05, 3.63) is 36.2 Å². The van der Waals surface area contributed by atoms with E-state index >= 15 is 0 Å². The number of hydrogen-bond acceptors (Lipinski definition) is 5. The minimum atomic E-state index is 0.324. The number of aryl methyl sites for hydroxylation is 1. The molecule has 3 aromatic rings. The van der Waals surface area contributed by atoms with Gasteiger partial charge < -0.3 is 15.0 Å². The number of aromatic amines is 1. The van der Waals surface area contributed by atoms with Gasteiger partial charge in [0.15, 0.2) is 11.6 Å². The highest BCUT2D eigenvalue weighted by molar-refractivity contribution is 5.89. The van der Waals surface area contributed by atoms with Gasteiger partial charge in [0, 0.05) is 11.8 Å². The smallest absolute Gasteiger partial charge is 0.180 e. The molecule has 6 heteroatoms. The lowest BCUT2D eigenvalue weighted by Crippen LogP contribution is -1.93. The van der Waals surface area contributed by atoms with Gasteiger partial charge in [0.25, 0.3) is 0 Å². The van der Waals surface area contributed by atoms with Crippen LogP contribution in [-0.2, 0) is 0 Å². The molecule has 0 saturated heterocycles. The van der Waals surface area contributed by atoms with Crippen molar-refractivity contribution in [2.24, 2.45) is 0 Å². The third-order valence-electron chi connectivity index (χ3n) is 3.10. The molecule has 0 amide bonds. The van der Waals surface area contributed by atoms with E-state index in [1.807, 2.05) is 25.1 Å². The largest absolute Gasteiger partial charge is 0.496 e. The highest BCUT2D eigenvalue weighted by Crippen LogP contribution is 2.41. The summed E-state index contributed by atoms with van der Waals surface area (Å²) in [6.07, 6.45) is 3.39. The molecule has 2 aromatic heterocycles. The molecule has 3 rings (SSSR count). The van der Waals surface area contributed by atoms with Gasteiger partial charge in [-0.2, -0.15) is 5.10 Å². The van der Waals surface area contributed by atoms with Crippen LogP contribution < -0.4 is 10.5 Å². The van der Waals surface area contributed by atoms with E-state index in [1.165, 1.54) is 0 Å². The lowest BCUT2D eigenvalue weighted by molar-refractivity contribution is 0.416. The number of anilines is 1. The zero-order valence-electron chi connectivity index (χ0n) is 11.2. The summed E-state index contributed by atoms with van der Waals surface area (Å²) in [5.41, 5.74) is 9.41. The quantitative estimate of drug-likeness (QED) is 0.763. The Hall–Kier alpha value is -2.76. The van der Waals surface area contributed by atoms with Crippen LogP contribution in [-0.4, -0.2) is 22.5 Å². The molecule has 0 saturated carbocycles. The number of nitrogens with two attached hydrogens (primary N) is 1. The third-order valence-corrected chi connectivity index (χ3v) is 3.10. The number of methoxy groups -OCH3 is 1. The van der Waals surface area contributed by atoms with Crippen LogP contribution >= 0.6 is 0 Å². The van der Waals surface area contributed by atoms with Gasteiger partial charge in [-0.25, -0.2) is 0 Å². The van der Waals surface area contributed by atoms with Gasteiger partial charge in [-0.3, -0.25) is 5.10 Å². The second-order valence-corrected chi connectivity index (χ2v) is 4.46. The number of H-pyrrole nitrogens is 1. The van der Waals surface area contributed by atoms with Crippen LogP contribution in [0.1, 0.15) is 5.56 Å². The fourth-order valence-corrected chi connectivity index (χ4v) is 2.15. The normalized spacial score (nSPS) is 10.7. The average molecular weight is 270 g/mol. The molecule has 6 nitrogen and oxygen atoms in total. The fourth-order valence-electron chi connectivity index (χ4n) is 2.15. The highest BCUT2D eigenvalue weighted by Gasteiger charge is 2.21. The Bertz CT molecular complexity index is 732. The van der Waals surface area contributed by atoms with E-state index in [-0.39, 0.29) is 0 Å². The predicted molar refractivity (Wildman–Crippen MR) is 75.2 cm³/mol. The topological polar surface area (TPSA) is 90.0 Å². The molecule has 0 fully saturated rings. The van der Waals surface area contributed by atoms with Crippen LogP contribution in [0.15, 0.2) is 35.1 Å². The van der Waals surface area contributed by atoms with E-state index < -0.39 is 0 Å². The summed E-state index contributed by atoms with van der Waals surface area (Å²) in [6, 6.07) is 5.87. The van der Waals surface area contributed by atoms with E-state index in [0.717, 1.165) is 22.4 Å². The lowest BCUT2D eigenvalue weighted by Gasteiger charge is -2.09. The molecule has 0 spiro atoms. The van der Waals surface area contributed by atoms with Crippen molar-refractivity contribution < 1.29 is 9.26 Å². The Morgan fingerprint density at radius 3 is 2.90 bits per heavy atom. The fraction of sp³-hybridized carbons (Fsp3) is 0.143. The van der Waals surface area contributed by atoms with Gasteiger partial charge in [0.05, 0.1) is 24.4 Å². The van der Waals surface area contributed by atoms with Gasteiger partial charge in [-0.05, 0) is 19.1 Å². The summed E-state index contributed by atoms with van der Waals surface area (Å²) in [7, 11) is 1.62. The Balaban J connectivity index is 2.25. The van der Waals surface area contributed by atoms with Crippen molar-refractivity contribution in [1.82, 2.24) is 15.4 Å². The molecule has 1 aromatic carbocycles. The molecule has 20 heavy (non-hydrogen) atoms. The molecule has 0 aliphatic carbocycles. The zero-order chi connectivity index (χ0) is 14.1. The Labute approximate surface area is 115 Å². The highest BCUT2D eigenvalue weighted by atomic mass is 16.5. The van der Waals surface area contributed by atoms with Crippen molar-refractivity contribution in [1.29, 1.82) is 0 Å². The first-order chi connectivity index (χ1) is 9.70. The van der Waals surface area contributed by atoms with Gasteiger partial charge in [0.1, 0.15) is 5.75 Å². The van der Waals surface area contributed by atoms with Crippen molar-refractivity contribution >= 4 is 5.82 Å². The molecule has 3 N–H and O–H groups in total. The summed E-state index contributed by atoms with van der Waals surface area (Å²) < 4.78 is 10.7. The van der Waals surface area contributed by atoms with E-state index in [0.29, 0.717) is 17.1 Å². The molecular formula is C14H14N4O2. The number of hydrogen-bond donors (Lipinski definition) is 2. The third kappa shape index (κ3) is 1.91. The minimum absolute atomic E-state index is 0.324. The number of rotatable bonds is 3. The molecular weight excluding hydrogens is 256 g/mol. The lowest BCUT2D eigenvalue weighted by atomic mass is 10.0. The summed E-state index contributed by atoms with van der Waals surface area (Å²) >= 11 is 0. The first-order valence-electron chi connectivity index (χ1n) is 6.10. The minimum Gasteiger partial charge on any atom is -0.496 e. The molecule has 0 atom stereocenters.